The van der Waals surface area contributed by atoms with E-state index < -0.39 is 0 Å². The van der Waals surface area contributed by atoms with Crippen molar-refractivity contribution >= 4 is 11.7 Å². The first-order valence-electron chi connectivity index (χ1n) is 8.45. The molecule has 0 atom stereocenters. The number of amides is 2. The van der Waals surface area contributed by atoms with E-state index in [-0.39, 0.29) is 6.03 Å². The topological polar surface area (TPSA) is 50.2 Å². The summed E-state index contributed by atoms with van der Waals surface area (Å²) >= 11 is 0. The highest BCUT2D eigenvalue weighted by Crippen LogP contribution is 2.16. The van der Waals surface area contributed by atoms with Gasteiger partial charge in [-0.2, -0.15) is 5.10 Å². The molecule has 0 aliphatic carbocycles. The molecule has 1 heterocycles. The minimum absolute atomic E-state index is 0.0866. The molecule has 1 N–H and O–H groups in total. The average Bonchev–Trinajstić information content (AvgIpc) is 2.82. The summed E-state index contributed by atoms with van der Waals surface area (Å²) in [7, 11) is 1.82. The summed E-state index contributed by atoms with van der Waals surface area (Å²) in [6.07, 6.45) is 0.814. The highest BCUT2D eigenvalue weighted by molar-refractivity contribution is 5.89. The summed E-state index contributed by atoms with van der Waals surface area (Å²) in [5.41, 5.74) is 6.72. The Morgan fingerprint density at radius 1 is 1.21 bits per heavy atom. The van der Waals surface area contributed by atoms with E-state index in [1.54, 1.807) is 4.90 Å². The third kappa shape index (κ3) is 3.96. The lowest BCUT2D eigenvalue weighted by atomic mass is 10.1. The maximum atomic E-state index is 12.4. The van der Waals surface area contributed by atoms with Crippen LogP contribution in [0.2, 0.25) is 0 Å². The number of rotatable bonds is 5. The molecule has 2 aromatic rings. The fraction of sp³-hybridized carbons (Fsp3) is 0.474. The summed E-state index contributed by atoms with van der Waals surface area (Å²) in [4.78, 5) is 14.1. The number of anilines is 1. The molecule has 0 fully saturated rings. The Kier molecular flexibility index (Phi) is 5.65. The number of nitrogens with zero attached hydrogens (tertiary/aromatic N) is 3. The lowest BCUT2D eigenvalue weighted by Crippen LogP contribution is -2.33. The zero-order valence-corrected chi connectivity index (χ0v) is 15.6. The van der Waals surface area contributed by atoms with Crippen molar-refractivity contribution in [2.24, 2.45) is 0 Å². The van der Waals surface area contributed by atoms with Crippen LogP contribution in [0.3, 0.4) is 0 Å². The SMILES string of the molecule is CCn1nc(C)c(CCN(C)C(=O)Nc2ccc(C)c(C)c2)c1C. The molecule has 1 aromatic carbocycles. The molecule has 0 aliphatic rings. The number of aryl methyl sites for hydroxylation is 4. The van der Waals surface area contributed by atoms with Crippen molar-refractivity contribution in [3.8, 4) is 0 Å². The molecule has 5 heteroatoms. The van der Waals surface area contributed by atoms with Crippen molar-refractivity contribution in [2.75, 3.05) is 18.9 Å². The molecule has 130 valence electrons. The minimum Gasteiger partial charge on any atom is -0.327 e. The monoisotopic (exact) mass is 328 g/mol. The molecule has 0 aliphatic heterocycles. The van der Waals surface area contributed by atoms with E-state index in [9.17, 15) is 4.79 Å². The molecular weight excluding hydrogens is 300 g/mol. The van der Waals surface area contributed by atoms with E-state index >= 15 is 0 Å². The molecule has 0 bridgehead atoms. The molecule has 24 heavy (non-hydrogen) atoms. The summed E-state index contributed by atoms with van der Waals surface area (Å²) < 4.78 is 2.01. The van der Waals surface area contributed by atoms with E-state index in [4.69, 9.17) is 0 Å². The van der Waals surface area contributed by atoms with E-state index in [1.807, 2.05) is 43.8 Å². The van der Waals surface area contributed by atoms with Crippen LogP contribution >= 0.6 is 0 Å². The van der Waals surface area contributed by atoms with Crippen molar-refractivity contribution in [1.29, 1.82) is 0 Å². The van der Waals surface area contributed by atoms with E-state index in [1.165, 1.54) is 22.4 Å². The molecule has 0 spiro atoms. The number of likely N-dealkylation sites (N-methyl/N-ethyl adjacent to an activating group) is 1. The molecule has 2 rings (SSSR count). The normalized spacial score (nSPS) is 10.8. The quantitative estimate of drug-likeness (QED) is 0.906. The van der Waals surface area contributed by atoms with Gasteiger partial charge in [0.25, 0.3) is 0 Å². The van der Waals surface area contributed by atoms with Gasteiger partial charge < -0.3 is 10.2 Å². The first-order chi connectivity index (χ1) is 11.3. The first kappa shape index (κ1) is 18.0. The summed E-state index contributed by atoms with van der Waals surface area (Å²) in [6, 6.07) is 5.88. The maximum Gasteiger partial charge on any atom is 0.321 e. The van der Waals surface area contributed by atoms with Crippen molar-refractivity contribution in [3.63, 3.8) is 0 Å². The Balaban J connectivity index is 1.97. The number of aromatic nitrogens is 2. The van der Waals surface area contributed by atoms with Gasteiger partial charge in [-0.05, 0) is 69.9 Å². The van der Waals surface area contributed by atoms with Gasteiger partial charge in [0.2, 0.25) is 0 Å². The fourth-order valence-electron chi connectivity index (χ4n) is 2.82. The number of carbonyl (C=O) groups is 1. The summed E-state index contributed by atoms with van der Waals surface area (Å²) in [6.45, 7) is 11.9. The Bertz CT molecular complexity index is 733. The second kappa shape index (κ2) is 7.51. The second-order valence-electron chi connectivity index (χ2n) is 6.37. The first-order valence-corrected chi connectivity index (χ1v) is 8.45. The Morgan fingerprint density at radius 2 is 1.92 bits per heavy atom. The van der Waals surface area contributed by atoms with Crippen LogP contribution in [0.4, 0.5) is 10.5 Å². The molecule has 2 amide bonds. The van der Waals surface area contributed by atoms with Crippen LogP contribution in [0.25, 0.3) is 0 Å². The molecule has 0 unspecified atom stereocenters. The highest BCUT2D eigenvalue weighted by Gasteiger charge is 2.14. The van der Waals surface area contributed by atoms with Gasteiger partial charge in [0, 0.05) is 31.5 Å². The van der Waals surface area contributed by atoms with Gasteiger partial charge in [-0.1, -0.05) is 6.07 Å². The zero-order chi connectivity index (χ0) is 17.9. The van der Waals surface area contributed by atoms with Crippen LogP contribution in [-0.2, 0) is 13.0 Å². The largest absolute Gasteiger partial charge is 0.327 e. The Hall–Kier alpha value is -2.30. The summed E-state index contributed by atoms with van der Waals surface area (Å²) in [5.74, 6) is 0. The van der Waals surface area contributed by atoms with Gasteiger partial charge in [-0.15, -0.1) is 0 Å². The van der Waals surface area contributed by atoms with E-state index in [0.717, 1.165) is 24.3 Å². The third-order valence-electron chi connectivity index (χ3n) is 4.63. The number of hydrogen-bond donors (Lipinski definition) is 1. The predicted molar refractivity (Wildman–Crippen MR) is 98.6 cm³/mol. The Morgan fingerprint density at radius 3 is 2.50 bits per heavy atom. The molecule has 1 aromatic heterocycles. The number of carbonyl (C=O) groups excluding carboxylic acids is 1. The standard InChI is InChI=1S/C19H28N4O/c1-7-23-16(5)18(15(4)21-23)10-11-22(6)19(24)20-17-9-8-13(2)14(3)12-17/h8-9,12H,7,10-11H2,1-6H3,(H,20,24). The van der Waals surface area contributed by atoms with Crippen LogP contribution in [0.1, 0.15) is 35.0 Å². The zero-order valence-electron chi connectivity index (χ0n) is 15.6. The van der Waals surface area contributed by atoms with Crippen LogP contribution < -0.4 is 5.32 Å². The lowest BCUT2D eigenvalue weighted by molar-refractivity contribution is 0.223. The van der Waals surface area contributed by atoms with E-state index in [2.05, 4.69) is 31.2 Å². The van der Waals surface area contributed by atoms with Gasteiger partial charge >= 0.3 is 6.03 Å². The van der Waals surface area contributed by atoms with Gasteiger partial charge in [-0.3, -0.25) is 4.68 Å². The lowest BCUT2D eigenvalue weighted by Gasteiger charge is -2.18. The highest BCUT2D eigenvalue weighted by atomic mass is 16.2. The third-order valence-corrected chi connectivity index (χ3v) is 4.63. The average molecular weight is 328 g/mol. The summed E-state index contributed by atoms with van der Waals surface area (Å²) in [5, 5.41) is 7.49. The predicted octanol–water partition coefficient (Wildman–Crippen LogP) is 3.84. The van der Waals surface area contributed by atoms with Gasteiger partial charge in [-0.25, -0.2) is 4.79 Å². The van der Waals surface area contributed by atoms with Crippen molar-refractivity contribution in [1.82, 2.24) is 14.7 Å². The van der Waals surface area contributed by atoms with Crippen molar-refractivity contribution in [2.45, 2.75) is 47.6 Å². The van der Waals surface area contributed by atoms with Crippen molar-refractivity contribution < 1.29 is 4.79 Å². The number of urea groups is 1. The van der Waals surface area contributed by atoms with E-state index in [0.29, 0.717) is 6.54 Å². The molecule has 0 saturated carbocycles. The number of hydrogen-bond acceptors (Lipinski definition) is 2. The molecule has 0 radical (unpaired) electrons. The van der Waals surface area contributed by atoms with Crippen LogP contribution in [0.15, 0.2) is 18.2 Å². The maximum absolute atomic E-state index is 12.4. The van der Waals surface area contributed by atoms with Gasteiger partial charge in [0.1, 0.15) is 0 Å². The van der Waals surface area contributed by atoms with Crippen LogP contribution in [-0.4, -0.2) is 34.3 Å². The van der Waals surface area contributed by atoms with Crippen LogP contribution in [0.5, 0.6) is 0 Å². The molecule has 5 nitrogen and oxygen atoms in total. The van der Waals surface area contributed by atoms with Gasteiger partial charge in [0.15, 0.2) is 0 Å². The fourth-order valence-corrected chi connectivity index (χ4v) is 2.82. The molecular formula is C19H28N4O. The van der Waals surface area contributed by atoms with Crippen molar-refractivity contribution in [3.05, 3.63) is 46.3 Å². The number of nitrogens with one attached hydrogen (secondary N) is 1. The van der Waals surface area contributed by atoms with Gasteiger partial charge in [0.05, 0.1) is 5.69 Å². The van der Waals surface area contributed by atoms with Crippen LogP contribution in [0, 0.1) is 27.7 Å². The minimum atomic E-state index is -0.0866. The molecule has 0 saturated heterocycles. The Labute approximate surface area is 144 Å². The second-order valence-corrected chi connectivity index (χ2v) is 6.37. The smallest absolute Gasteiger partial charge is 0.321 e. The number of benzene rings is 1.